The maximum atomic E-state index is 12.6. The zero-order valence-corrected chi connectivity index (χ0v) is 16.1. The van der Waals surface area contributed by atoms with Crippen LogP contribution in [0.15, 0.2) is 47.3 Å². The van der Waals surface area contributed by atoms with Gasteiger partial charge in [-0.25, -0.2) is 4.98 Å². The number of anilines is 1. The van der Waals surface area contributed by atoms with Crippen LogP contribution in [-0.4, -0.2) is 17.0 Å². The first-order valence-electron chi connectivity index (χ1n) is 8.67. The summed E-state index contributed by atoms with van der Waals surface area (Å²) in [6.45, 7) is 6.08. The van der Waals surface area contributed by atoms with Gasteiger partial charge in [-0.3, -0.25) is 4.79 Å². The van der Waals surface area contributed by atoms with Crippen molar-refractivity contribution in [2.45, 2.75) is 26.8 Å². The van der Waals surface area contributed by atoms with Crippen LogP contribution in [0.2, 0.25) is 0 Å². The summed E-state index contributed by atoms with van der Waals surface area (Å²) in [5.74, 6) is 0.694. The fourth-order valence-electron chi connectivity index (χ4n) is 3.27. The van der Waals surface area contributed by atoms with Gasteiger partial charge < -0.3 is 9.88 Å². The summed E-state index contributed by atoms with van der Waals surface area (Å²) in [5, 5.41) is 3.14. The molecule has 2 aromatic heterocycles. The second-order valence-corrected chi connectivity index (χ2v) is 7.94. The standard InChI is InChI=1S/C21H21N3OS/c1-12-14(3)26-21-18(12)20(25)22-19(23-21)13(2)24(4)17-10-9-15-7-5-6-8-16(15)11-17/h5-11,13H,1-4H3,(H,22,23,25). The Labute approximate surface area is 156 Å². The van der Waals surface area contributed by atoms with Crippen molar-refractivity contribution in [2.24, 2.45) is 0 Å². The molecule has 4 aromatic rings. The highest BCUT2D eigenvalue weighted by atomic mass is 32.1. The smallest absolute Gasteiger partial charge is 0.259 e. The van der Waals surface area contributed by atoms with E-state index in [0.717, 1.165) is 26.3 Å². The number of hydrogen-bond acceptors (Lipinski definition) is 4. The van der Waals surface area contributed by atoms with Gasteiger partial charge in [0.25, 0.3) is 5.56 Å². The molecule has 0 aliphatic heterocycles. The molecule has 0 spiro atoms. The number of rotatable bonds is 3. The van der Waals surface area contributed by atoms with Gasteiger partial charge in [-0.2, -0.15) is 0 Å². The number of thiophene rings is 1. The van der Waals surface area contributed by atoms with Crippen molar-refractivity contribution in [3.05, 3.63) is 69.1 Å². The monoisotopic (exact) mass is 363 g/mol. The van der Waals surface area contributed by atoms with Crippen molar-refractivity contribution in [1.82, 2.24) is 9.97 Å². The van der Waals surface area contributed by atoms with E-state index in [1.807, 2.05) is 33.0 Å². The number of aromatic amines is 1. The molecule has 0 fully saturated rings. The molecule has 0 saturated carbocycles. The quantitative estimate of drug-likeness (QED) is 0.560. The molecular weight excluding hydrogens is 342 g/mol. The zero-order chi connectivity index (χ0) is 18.4. The lowest BCUT2D eigenvalue weighted by atomic mass is 10.1. The summed E-state index contributed by atoms with van der Waals surface area (Å²) in [7, 11) is 2.03. The first kappa shape index (κ1) is 16.8. The van der Waals surface area contributed by atoms with E-state index in [1.54, 1.807) is 11.3 Å². The van der Waals surface area contributed by atoms with E-state index in [9.17, 15) is 4.79 Å². The number of aromatic nitrogens is 2. The van der Waals surface area contributed by atoms with E-state index in [4.69, 9.17) is 4.98 Å². The first-order chi connectivity index (χ1) is 12.5. The minimum absolute atomic E-state index is 0.0454. The van der Waals surface area contributed by atoms with Crippen molar-refractivity contribution < 1.29 is 0 Å². The molecule has 4 nitrogen and oxygen atoms in total. The molecule has 0 amide bonds. The van der Waals surface area contributed by atoms with Gasteiger partial charge in [-0.15, -0.1) is 11.3 Å². The molecule has 0 bridgehead atoms. The SMILES string of the molecule is Cc1sc2nc(C(C)N(C)c3ccc4ccccc4c3)[nH]c(=O)c2c1C. The van der Waals surface area contributed by atoms with Gasteiger partial charge in [0.2, 0.25) is 0 Å². The topological polar surface area (TPSA) is 49.0 Å². The lowest BCUT2D eigenvalue weighted by Gasteiger charge is -2.26. The highest BCUT2D eigenvalue weighted by Crippen LogP contribution is 2.29. The molecule has 4 rings (SSSR count). The van der Waals surface area contributed by atoms with Crippen LogP contribution in [-0.2, 0) is 0 Å². The van der Waals surface area contributed by atoms with E-state index < -0.39 is 0 Å². The summed E-state index contributed by atoms with van der Waals surface area (Å²) >= 11 is 1.58. The van der Waals surface area contributed by atoms with E-state index >= 15 is 0 Å². The summed E-state index contributed by atoms with van der Waals surface area (Å²) in [6, 6.07) is 14.7. The Morgan fingerprint density at radius 1 is 1.12 bits per heavy atom. The summed E-state index contributed by atoms with van der Waals surface area (Å²) in [4.78, 5) is 24.4. The zero-order valence-electron chi connectivity index (χ0n) is 15.3. The number of H-pyrrole nitrogens is 1. The Morgan fingerprint density at radius 2 is 1.85 bits per heavy atom. The third kappa shape index (κ3) is 2.69. The van der Waals surface area contributed by atoms with Crippen LogP contribution >= 0.6 is 11.3 Å². The molecule has 0 radical (unpaired) electrons. The molecule has 132 valence electrons. The van der Waals surface area contributed by atoms with Crippen LogP contribution in [0.25, 0.3) is 21.0 Å². The maximum Gasteiger partial charge on any atom is 0.259 e. The number of benzene rings is 2. The number of nitrogens with zero attached hydrogens (tertiary/aromatic N) is 2. The predicted octanol–water partition coefficient (Wildman–Crippen LogP) is 4.95. The van der Waals surface area contributed by atoms with Gasteiger partial charge >= 0.3 is 0 Å². The molecule has 26 heavy (non-hydrogen) atoms. The average Bonchev–Trinajstić information content (AvgIpc) is 2.94. The van der Waals surface area contributed by atoms with Crippen molar-refractivity contribution in [3.63, 3.8) is 0 Å². The molecular formula is C21H21N3OS. The van der Waals surface area contributed by atoms with Crippen LogP contribution in [0.5, 0.6) is 0 Å². The van der Waals surface area contributed by atoms with Crippen molar-refractivity contribution in [1.29, 1.82) is 0 Å². The Kier molecular flexibility index (Phi) is 4.04. The van der Waals surface area contributed by atoms with Gasteiger partial charge in [0.05, 0.1) is 11.4 Å². The normalized spacial score (nSPS) is 12.6. The first-order valence-corrected chi connectivity index (χ1v) is 9.49. The van der Waals surface area contributed by atoms with Crippen LogP contribution in [0.4, 0.5) is 5.69 Å². The van der Waals surface area contributed by atoms with Crippen molar-refractivity contribution >= 4 is 38.0 Å². The van der Waals surface area contributed by atoms with Crippen LogP contribution in [0, 0.1) is 13.8 Å². The third-order valence-corrected chi connectivity index (χ3v) is 6.28. The second kappa shape index (κ2) is 6.25. The maximum absolute atomic E-state index is 12.6. The summed E-state index contributed by atoms with van der Waals surface area (Å²) in [5.41, 5.74) is 2.07. The van der Waals surface area contributed by atoms with Crippen LogP contribution < -0.4 is 10.5 Å². The number of hydrogen-bond donors (Lipinski definition) is 1. The highest BCUT2D eigenvalue weighted by molar-refractivity contribution is 7.18. The molecule has 1 N–H and O–H groups in total. The largest absolute Gasteiger partial charge is 0.365 e. The van der Waals surface area contributed by atoms with E-state index in [-0.39, 0.29) is 11.6 Å². The van der Waals surface area contributed by atoms with E-state index in [2.05, 4.69) is 47.1 Å². The van der Waals surface area contributed by atoms with Gasteiger partial charge in [0, 0.05) is 17.6 Å². The van der Waals surface area contributed by atoms with E-state index in [1.165, 1.54) is 10.8 Å². The molecule has 1 atom stereocenters. The Bertz CT molecular complexity index is 1180. The average molecular weight is 363 g/mol. The predicted molar refractivity (Wildman–Crippen MR) is 110 cm³/mol. The Balaban J connectivity index is 1.75. The van der Waals surface area contributed by atoms with Crippen molar-refractivity contribution in [3.8, 4) is 0 Å². The number of nitrogens with one attached hydrogen (secondary N) is 1. The Hall–Kier alpha value is -2.66. The van der Waals surface area contributed by atoms with Gasteiger partial charge in [-0.05, 0) is 49.2 Å². The van der Waals surface area contributed by atoms with Gasteiger partial charge in [0.15, 0.2) is 0 Å². The third-order valence-electron chi connectivity index (χ3n) is 5.17. The van der Waals surface area contributed by atoms with Gasteiger partial charge in [-0.1, -0.05) is 30.3 Å². The number of fused-ring (bicyclic) bond motifs is 2. The fourth-order valence-corrected chi connectivity index (χ4v) is 4.31. The molecule has 2 heterocycles. The van der Waals surface area contributed by atoms with Crippen molar-refractivity contribution in [2.75, 3.05) is 11.9 Å². The molecule has 0 saturated heterocycles. The molecule has 2 aromatic carbocycles. The molecule has 0 aliphatic carbocycles. The minimum Gasteiger partial charge on any atom is -0.365 e. The fraction of sp³-hybridized carbons (Fsp3) is 0.238. The molecule has 0 aliphatic rings. The summed E-state index contributed by atoms with van der Waals surface area (Å²) < 4.78 is 0. The van der Waals surface area contributed by atoms with Gasteiger partial charge in [0.1, 0.15) is 10.7 Å². The number of aryl methyl sites for hydroxylation is 2. The van der Waals surface area contributed by atoms with E-state index in [0.29, 0.717) is 5.82 Å². The Morgan fingerprint density at radius 3 is 2.62 bits per heavy atom. The molecule has 5 heteroatoms. The minimum atomic E-state index is -0.0504. The lowest BCUT2D eigenvalue weighted by molar-refractivity contribution is 0.687. The second-order valence-electron chi connectivity index (χ2n) is 6.73. The molecule has 1 unspecified atom stereocenters. The van der Waals surface area contributed by atoms with Crippen LogP contribution in [0.1, 0.15) is 29.2 Å². The summed E-state index contributed by atoms with van der Waals surface area (Å²) in [6.07, 6.45) is 0. The lowest BCUT2D eigenvalue weighted by Crippen LogP contribution is -2.25. The van der Waals surface area contributed by atoms with Crippen LogP contribution in [0.3, 0.4) is 0 Å². The highest BCUT2D eigenvalue weighted by Gasteiger charge is 2.18.